The minimum atomic E-state index is 0.157. The highest BCUT2D eigenvalue weighted by Crippen LogP contribution is 2.40. The lowest BCUT2D eigenvalue weighted by Crippen LogP contribution is -2.41. The number of thiophene rings is 1. The van der Waals surface area contributed by atoms with Crippen LogP contribution in [0.15, 0.2) is 35.4 Å². The number of nitrogens with zero attached hydrogens (tertiary/aromatic N) is 3. The van der Waals surface area contributed by atoms with Crippen LogP contribution in [0.5, 0.6) is 0 Å². The van der Waals surface area contributed by atoms with Crippen LogP contribution in [0.2, 0.25) is 0 Å². The number of rotatable bonds is 3. The number of hydrogen-bond donors (Lipinski definition) is 0. The summed E-state index contributed by atoms with van der Waals surface area (Å²) in [6.07, 6.45) is 6.27. The van der Waals surface area contributed by atoms with Crippen molar-refractivity contribution in [2.45, 2.75) is 31.6 Å². The molecule has 0 amide bonds. The fourth-order valence-electron chi connectivity index (χ4n) is 3.46. The molecule has 2 fully saturated rings. The maximum atomic E-state index is 6.27. The predicted octanol–water partition coefficient (Wildman–Crippen LogP) is 2.89. The Morgan fingerprint density at radius 2 is 2.38 bits per heavy atom. The van der Waals surface area contributed by atoms with E-state index in [1.807, 2.05) is 6.07 Å². The van der Waals surface area contributed by atoms with Crippen LogP contribution in [0.1, 0.15) is 30.2 Å². The average Bonchev–Trinajstić information content (AvgIpc) is 3.17. The largest absolute Gasteiger partial charge is 0.367 e. The number of piperidine rings is 1. The molecule has 0 aliphatic carbocycles. The zero-order valence-electron chi connectivity index (χ0n) is 11.9. The fraction of sp³-hybridized carbons (Fsp3) is 0.500. The van der Waals surface area contributed by atoms with Crippen molar-refractivity contribution < 1.29 is 4.74 Å². The molecule has 0 spiro atoms. The van der Waals surface area contributed by atoms with Crippen molar-refractivity contribution in [3.8, 4) is 0 Å². The molecule has 0 bridgehead atoms. The van der Waals surface area contributed by atoms with Gasteiger partial charge in [0.15, 0.2) is 0 Å². The van der Waals surface area contributed by atoms with Crippen LogP contribution >= 0.6 is 11.3 Å². The Kier molecular flexibility index (Phi) is 3.71. The Labute approximate surface area is 128 Å². The molecule has 2 aliphatic heterocycles. The molecule has 3 atom stereocenters. The van der Waals surface area contributed by atoms with E-state index in [0.717, 1.165) is 25.2 Å². The van der Waals surface area contributed by atoms with Gasteiger partial charge in [-0.1, -0.05) is 0 Å². The summed E-state index contributed by atoms with van der Waals surface area (Å²) in [5, 5.41) is 4.39. The van der Waals surface area contributed by atoms with Crippen molar-refractivity contribution in [2.75, 3.05) is 13.1 Å². The van der Waals surface area contributed by atoms with E-state index in [-0.39, 0.29) is 6.10 Å². The molecule has 4 rings (SSSR count). The Morgan fingerprint density at radius 1 is 1.38 bits per heavy atom. The molecular weight excluding hydrogens is 282 g/mol. The van der Waals surface area contributed by atoms with E-state index in [0.29, 0.717) is 12.0 Å². The summed E-state index contributed by atoms with van der Waals surface area (Å²) in [5.41, 5.74) is 2.45. The van der Waals surface area contributed by atoms with Crippen molar-refractivity contribution in [2.24, 2.45) is 5.92 Å². The standard InChI is InChI=1S/C16H19N3OS/c1-4-17-11-18-14(1)15-7-13-2-5-19(9-16(13)20-15)8-12-3-6-21-10-12/h1,3-4,6,10-11,13,15-16H,2,5,7-9H2/t13-,15+,16+/m0/s1. The summed E-state index contributed by atoms with van der Waals surface area (Å²) in [5.74, 6) is 0.684. The summed E-state index contributed by atoms with van der Waals surface area (Å²) in [6, 6.07) is 4.20. The zero-order valence-corrected chi connectivity index (χ0v) is 12.7. The molecule has 2 aromatic rings. The molecule has 110 valence electrons. The number of aromatic nitrogens is 2. The maximum Gasteiger partial charge on any atom is 0.115 e. The van der Waals surface area contributed by atoms with Crippen molar-refractivity contribution in [1.82, 2.24) is 14.9 Å². The first-order valence-electron chi connectivity index (χ1n) is 7.53. The highest BCUT2D eigenvalue weighted by Gasteiger charge is 2.39. The third-order valence-electron chi connectivity index (χ3n) is 4.56. The normalized spacial score (nSPS) is 29.4. The molecule has 21 heavy (non-hydrogen) atoms. The van der Waals surface area contributed by atoms with Crippen molar-refractivity contribution in [3.63, 3.8) is 0 Å². The quantitative estimate of drug-likeness (QED) is 0.874. The van der Waals surface area contributed by atoms with Gasteiger partial charge in [-0.2, -0.15) is 11.3 Å². The van der Waals surface area contributed by atoms with Gasteiger partial charge in [-0.25, -0.2) is 9.97 Å². The second-order valence-corrected chi connectivity index (χ2v) is 6.73. The zero-order chi connectivity index (χ0) is 14.1. The van der Waals surface area contributed by atoms with Crippen molar-refractivity contribution in [3.05, 3.63) is 46.7 Å². The SMILES string of the molecule is c1cc([C@H]2C[C@@H]3CCN(Cc4ccsc4)C[C@H]3O2)ncn1. The highest BCUT2D eigenvalue weighted by molar-refractivity contribution is 7.07. The molecule has 4 heterocycles. The predicted molar refractivity (Wildman–Crippen MR) is 82.0 cm³/mol. The lowest BCUT2D eigenvalue weighted by molar-refractivity contribution is -0.0106. The van der Waals surface area contributed by atoms with Gasteiger partial charge in [-0.15, -0.1) is 0 Å². The minimum absolute atomic E-state index is 0.157. The molecule has 5 heteroatoms. The van der Waals surface area contributed by atoms with Crippen LogP contribution in [0, 0.1) is 5.92 Å². The first-order chi connectivity index (χ1) is 10.4. The number of fused-ring (bicyclic) bond motifs is 1. The molecule has 0 radical (unpaired) electrons. The maximum absolute atomic E-state index is 6.27. The molecule has 0 saturated carbocycles. The van der Waals surface area contributed by atoms with Gasteiger partial charge in [0.2, 0.25) is 0 Å². The summed E-state index contributed by atoms with van der Waals surface area (Å²) in [7, 11) is 0. The summed E-state index contributed by atoms with van der Waals surface area (Å²) in [4.78, 5) is 10.9. The lowest BCUT2D eigenvalue weighted by atomic mass is 9.91. The summed E-state index contributed by atoms with van der Waals surface area (Å²) in [6.45, 7) is 3.27. The van der Waals surface area contributed by atoms with Crippen LogP contribution in [0.4, 0.5) is 0 Å². The van der Waals surface area contributed by atoms with Crippen LogP contribution < -0.4 is 0 Å². The number of hydrogen-bond acceptors (Lipinski definition) is 5. The third-order valence-corrected chi connectivity index (χ3v) is 5.29. The van der Waals surface area contributed by atoms with Crippen LogP contribution in [0.3, 0.4) is 0 Å². The lowest BCUT2D eigenvalue weighted by Gasteiger charge is -2.33. The van der Waals surface area contributed by atoms with E-state index in [4.69, 9.17) is 4.74 Å². The fourth-order valence-corrected chi connectivity index (χ4v) is 4.12. The Bertz CT molecular complexity index is 574. The molecule has 0 unspecified atom stereocenters. The highest BCUT2D eigenvalue weighted by atomic mass is 32.1. The van der Waals surface area contributed by atoms with Gasteiger partial charge in [0.1, 0.15) is 12.4 Å². The number of likely N-dealkylation sites (tertiary alicyclic amines) is 1. The van der Waals surface area contributed by atoms with Gasteiger partial charge < -0.3 is 4.74 Å². The van der Waals surface area contributed by atoms with E-state index in [9.17, 15) is 0 Å². The smallest absolute Gasteiger partial charge is 0.115 e. The first kappa shape index (κ1) is 13.4. The van der Waals surface area contributed by atoms with Gasteiger partial charge >= 0.3 is 0 Å². The van der Waals surface area contributed by atoms with Crippen LogP contribution in [0.25, 0.3) is 0 Å². The van der Waals surface area contributed by atoms with Crippen LogP contribution in [-0.4, -0.2) is 34.1 Å². The van der Waals surface area contributed by atoms with E-state index >= 15 is 0 Å². The summed E-state index contributed by atoms with van der Waals surface area (Å²) < 4.78 is 6.27. The molecule has 2 aromatic heterocycles. The molecule has 0 N–H and O–H groups in total. The van der Waals surface area contributed by atoms with E-state index in [1.165, 1.54) is 18.5 Å². The molecule has 2 saturated heterocycles. The number of ether oxygens (including phenoxy) is 1. The van der Waals surface area contributed by atoms with Crippen molar-refractivity contribution >= 4 is 11.3 Å². The van der Waals surface area contributed by atoms with Crippen molar-refractivity contribution in [1.29, 1.82) is 0 Å². The van der Waals surface area contributed by atoms with Gasteiger partial charge in [0, 0.05) is 19.3 Å². The van der Waals surface area contributed by atoms with Gasteiger partial charge in [-0.05, 0) is 53.8 Å². The second-order valence-electron chi connectivity index (χ2n) is 5.95. The minimum Gasteiger partial charge on any atom is -0.367 e. The van der Waals surface area contributed by atoms with E-state index in [1.54, 1.807) is 23.9 Å². The molecule has 2 aliphatic rings. The topological polar surface area (TPSA) is 38.2 Å². The summed E-state index contributed by atoms with van der Waals surface area (Å²) >= 11 is 1.77. The molecule has 0 aromatic carbocycles. The Hall–Kier alpha value is -1.30. The molecular formula is C16H19N3OS. The second kappa shape index (κ2) is 5.83. The van der Waals surface area contributed by atoms with Gasteiger partial charge in [-0.3, -0.25) is 4.90 Å². The van der Waals surface area contributed by atoms with E-state index < -0.39 is 0 Å². The first-order valence-corrected chi connectivity index (χ1v) is 8.47. The van der Waals surface area contributed by atoms with E-state index in [2.05, 4.69) is 31.7 Å². The average molecular weight is 301 g/mol. The van der Waals surface area contributed by atoms with Gasteiger partial charge in [0.05, 0.1) is 11.8 Å². The Balaban J connectivity index is 1.40. The molecule has 4 nitrogen and oxygen atoms in total. The third kappa shape index (κ3) is 2.86. The Morgan fingerprint density at radius 3 is 3.19 bits per heavy atom. The van der Waals surface area contributed by atoms with Crippen LogP contribution in [-0.2, 0) is 11.3 Å². The monoisotopic (exact) mass is 301 g/mol. The van der Waals surface area contributed by atoms with Gasteiger partial charge in [0.25, 0.3) is 0 Å².